The van der Waals surface area contributed by atoms with Gasteiger partial charge in [0.2, 0.25) is 0 Å². The molecule has 0 radical (unpaired) electrons. The summed E-state index contributed by atoms with van der Waals surface area (Å²) in [5, 5.41) is 15.1. The Morgan fingerprint density at radius 2 is 0.694 bits per heavy atom. The van der Waals surface area contributed by atoms with Crippen molar-refractivity contribution in [3.05, 3.63) is 168 Å². The lowest BCUT2D eigenvalue weighted by Gasteiger charge is -2.16. The first kappa shape index (κ1) is 27.1. The summed E-state index contributed by atoms with van der Waals surface area (Å²) in [6, 6.07) is 60.1. The van der Waals surface area contributed by atoms with Crippen LogP contribution >= 0.6 is 15.9 Å². The summed E-state index contributed by atoms with van der Waals surface area (Å²) in [4.78, 5) is 0. The van der Waals surface area contributed by atoms with Crippen molar-refractivity contribution in [2.45, 2.75) is 0 Å². The molecule has 0 aliphatic heterocycles. The Kier molecular flexibility index (Phi) is 5.56. The van der Waals surface area contributed by atoms with Gasteiger partial charge in [0.25, 0.3) is 0 Å². The van der Waals surface area contributed by atoms with Crippen LogP contribution < -0.4 is 0 Å². The van der Waals surface area contributed by atoms with Gasteiger partial charge in [-0.25, -0.2) is 0 Å². The molecule has 0 aliphatic carbocycles. The van der Waals surface area contributed by atoms with Gasteiger partial charge in [-0.2, -0.15) is 0 Å². The van der Waals surface area contributed by atoms with Crippen LogP contribution in [-0.2, 0) is 0 Å². The van der Waals surface area contributed by atoms with Crippen LogP contribution in [0.15, 0.2) is 168 Å². The van der Waals surface area contributed by atoms with Crippen LogP contribution in [0.25, 0.3) is 98.1 Å². The molecule has 3 heteroatoms. The molecule has 0 amide bonds. The van der Waals surface area contributed by atoms with Crippen molar-refractivity contribution in [3.8, 4) is 11.4 Å². The highest BCUT2D eigenvalue weighted by atomic mass is 79.9. The molecular formula is C46H27BrN2. The number of hydrogen-bond donors (Lipinski definition) is 0. The molecule has 0 saturated heterocycles. The van der Waals surface area contributed by atoms with Crippen molar-refractivity contribution < 1.29 is 0 Å². The molecule has 0 unspecified atom stereocenters. The van der Waals surface area contributed by atoms with Crippen molar-refractivity contribution in [2.24, 2.45) is 0 Å². The smallest absolute Gasteiger partial charge is 0.0656 e. The van der Waals surface area contributed by atoms with E-state index in [0.717, 1.165) is 15.8 Å². The number of fused-ring (bicyclic) bond motifs is 12. The van der Waals surface area contributed by atoms with Gasteiger partial charge < -0.3 is 9.13 Å². The topological polar surface area (TPSA) is 9.86 Å². The number of hydrogen-bond acceptors (Lipinski definition) is 0. The van der Waals surface area contributed by atoms with Gasteiger partial charge in [-0.1, -0.05) is 115 Å². The minimum Gasteiger partial charge on any atom is -0.308 e. The maximum absolute atomic E-state index is 4.22. The molecule has 49 heavy (non-hydrogen) atoms. The number of halogens is 1. The minimum atomic E-state index is 1.05. The summed E-state index contributed by atoms with van der Waals surface area (Å²) in [6.07, 6.45) is 0. The Morgan fingerprint density at radius 1 is 0.306 bits per heavy atom. The molecule has 0 spiro atoms. The number of benzene rings is 9. The Bertz CT molecular complexity index is 2970. The van der Waals surface area contributed by atoms with E-state index in [1.54, 1.807) is 0 Å². The Morgan fingerprint density at radius 3 is 1.14 bits per heavy atom. The standard InChI is InChI=1S/C46H27BrN2/c47-46-40(48-38-22-20-28-10-5-7-16-34(28)44(38)36-24-30-12-1-3-14-32(30)26-42(36)48)18-9-19-41(46)49-39-23-21-29-11-6-8-17-35(29)45(39)37-25-31-13-2-4-15-33(31)27-43(37)49/h1-27H. The lowest BCUT2D eigenvalue weighted by molar-refractivity contribution is 1.12. The number of rotatable bonds is 2. The zero-order valence-electron chi connectivity index (χ0n) is 26.4. The molecule has 2 nitrogen and oxygen atoms in total. The Hall–Kier alpha value is -5.90. The summed E-state index contributed by atoms with van der Waals surface area (Å²) < 4.78 is 5.96. The molecule has 11 rings (SSSR count). The first-order chi connectivity index (χ1) is 24.2. The van der Waals surface area contributed by atoms with Crippen LogP contribution in [0.3, 0.4) is 0 Å². The second-order valence-electron chi connectivity index (χ2n) is 13.1. The Labute approximate surface area is 290 Å². The number of nitrogens with zero attached hydrogens (tertiary/aromatic N) is 2. The maximum atomic E-state index is 4.22. The monoisotopic (exact) mass is 686 g/mol. The normalized spacial score (nSPS) is 12.2. The van der Waals surface area contributed by atoms with Gasteiger partial charge in [-0.05, 0) is 108 Å². The average molecular weight is 688 g/mol. The second kappa shape index (κ2) is 10.1. The van der Waals surface area contributed by atoms with E-state index in [1.165, 1.54) is 86.7 Å². The Balaban J connectivity index is 1.28. The third-order valence-corrected chi connectivity index (χ3v) is 11.3. The van der Waals surface area contributed by atoms with Crippen molar-refractivity contribution in [2.75, 3.05) is 0 Å². The fourth-order valence-electron chi connectivity index (χ4n) is 8.32. The third-order valence-electron chi connectivity index (χ3n) is 10.5. The summed E-state index contributed by atoms with van der Waals surface area (Å²) in [5.74, 6) is 0. The highest BCUT2D eigenvalue weighted by Crippen LogP contribution is 2.44. The number of aromatic nitrogens is 2. The molecule has 2 aromatic heterocycles. The molecule has 0 N–H and O–H groups in total. The summed E-state index contributed by atoms with van der Waals surface area (Å²) in [7, 11) is 0. The molecule has 2 heterocycles. The summed E-state index contributed by atoms with van der Waals surface area (Å²) in [5.41, 5.74) is 7.01. The zero-order chi connectivity index (χ0) is 32.2. The average Bonchev–Trinajstić information content (AvgIpc) is 3.65. The van der Waals surface area contributed by atoms with Crippen molar-refractivity contribution in [3.63, 3.8) is 0 Å². The van der Waals surface area contributed by atoms with Gasteiger partial charge in [-0.15, -0.1) is 0 Å². The second-order valence-corrected chi connectivity index (χ2v) is 13.9. The molecule has 0 atom stereocenters. The van der Waals surface area contributed by atoms with E-state index in [4.69, 9.17) is 0 Å². The maximum Gasteiger partial charge on any atom is 0.0656 e. The minimum absolute atomic E-state index is 1.05. The van der Waals surface area contributed by atoms with Crippen molar-refractivity contribution >= 4 is 103 Å². The van der Waals surface area contributed by atoms with Crippen LogP contribution in [0.2, 0.25) is 0 Å². The molecule has 0 aliphatic rings. The molecule has 0 fully saturated rings. The molecule has 228 valence electrons. The first-order valence-electron chi connectivity index (χ1n) is 16.7. The highest BCUT2D eigenvalue weighted by molar-refractivity contribution is 9.10. The van der Waals surface area contributed by atoms with Crippen LogP contribution in [0.4, 0.5) is 0 Å². The van der Waals surface area contributed by atoms with Crippen LogP contribution in [0, 0.1) is 0 Å². The quantitative estimate of drug-likeness (QED) is 0.171. The SMILES string of the molecule is Brc1c(-n2c3cc4ccccc4cc3c3c4ccccc4ccc32)cccc1-n1c2cc3ccccc3cc2c2c3ccccc3ccc21. The predicted molar refractivity (Wildman–Crippen MR) is 213 cm³/mol. The molecule has 11 aromatic rings. The van der Waals surface area contributed by atoms with E-state index >= 15 is 0 Å². The summed E-state index contributed by atoms with van der Waals surface area (Å²) in [6.45, 7) is 0. The molecule has 0 saturated carbocycles. The van der Waals surface area contributed by atoms with E-state index in [9.17, 15) is 0 Å². The predicted octanol–water partition coefficient (Wildman–Crippen LogP) is 13.3. The van der Waals surface area contributed by atoms with E-state index in [-0.39, 0.29) is 0 Å². The van der Waals surface area contributed by atoms with Crippen LogP contribution in [-0.4, -0.2) is 9.13 Å². The van der Waals surface area contributed by atoms with Gasteiger partial charge in [0, 0.05) is 21.5 Å². The van der Waals surface area contributed by atoms with Gasteiger partial charge >= 0.3 is 0 Å². The van der Waals surface area contributed by atoms with E-state index in [2.05, 4.69) is 189 Å². The van der Waals surface area contributed by atoms with E-state index in [0.29, 0.717) is 0 Å². The summed E-state index contributed by atoms with van der Waals surface area (Å²) >= 11 is 4.22. The van der Waals surface area contributed by atoms with E-state index in [1.807, 2.05) is 0 Å². The molecule has 0 bridgehead atoms. The molecule has 9 aromatic carbocycles. The highest BCUT2D eigenvalue weighted by Gasteiger charge is 2.22. The third kappa shape index (κ3) is 3.76. The largest absolute Gasteiger partial charge is 0.308 e. The van der Waals surface area contributed by atoms with Gasteiger partial charge in [-0.3, -0.25) is 0 Å². The fourth-order valence-corrected chi connectivity index (χ4v) is 8.94. The van der Waals surface area contributed by atoms with Crippen molar-refractivity contribution in [1.29, 1.82) is 0 Å². The lowest BCUT2D eigenvalue weighted by Crippen LogP contribution is -2.01. The fraction of sp³-hybridized carbons (Fsp3) is 0. The van der Waals surface area contributed by atoms with Crippen LogP contribution in [0.5, 0.6) is 0 Å². The molecular weight excluding hydrogens is 660 g/mol. The first-order valence-corrected chi connectivity index (χ1v) is 17.5. The van der Waals surface area contributed by atoms with Crippen LogP contribution in [0.1, 0.15) is 0 Å². The van der Waals surface area contributed by atoms with Gasteiger partial charge in [0.1, 0.15) is 0 Å². The zero-order valence-corrected chi connectivity index (χ0v) is 27.9. The van der Waals surface area contributed by atoms with Crippen molar-refractivity contribution in [1.82, 2.24) is 9.13 Å². The van der Waals surface area contributed by atoms with Gasteiger partial charge in [0.05, 0.1) is 37.9 Å². The lowest BCUT2D eigenvalue weighted by atomic mass is 10.0. The van der Waals surface area contributed by atoms with Gasteiger partial charge in [0.15, 0.2) is 0 Å². The van der Waals surface area contributed by atoms with E-state index < -0.39 is 0 Å².